The van der Waals surface area contributed by atoms with E-state index in [0.29, 0.717) is 31.1 Å². The van der Waals surface area contributed by atoms with Crippen molar-refractivity contribution in [3.05, 3.63) is 90.0 Å². The first kappa shape index (κ1) is 22.7. The molecule has 0 spiro atoms. The Hall–Kier alpha value is -3.03. The summed E-state index contributed by atoms with van der Waals surface area (Å²) in [6.45, 7) is 1.21. The van der Waals surface area contributed by atoms with Crippen molar-refractivity contribution in [1.29, 1.82) is 0 Å². The highest BCUT2D eigenvalue weighted by molar-refractivity contribution is 7.98. The summed E-state index contributed by atoms with van der Waals surface area (Å²) in [5.41, 5.74) is 1.49. The third kappa shape index (κ3) is 7.31. The summed E-state index contributed by atoms with van der Waals surface area (Å²) in [5.74, 6) is 0.929. The van der Waals surface area contributed by atoms with E-state index in [0.717, 1.165) is 11.3 Å². The van der Waals surface area contributed by atoms with E-state index in [9.17, 15) is 4.79 Å². The number of ether oxygens (including phenoxy) is 2. The summed E-state index contributed by atoms with van der Waals surface area (Å²) in [4.78, 5) is 13.9. The smallest absolute Gasteiger partial charge is 0.261 e. The van der Waals surface area contributed by atoms with E-state index < -0.39 is 0 Å². The molecule has 0 heterocycles. The van der Waals surface area contributed by atoms with Crippen LogP contribution in [0.5, 0.6) is 11.5 Å². The van der Waals surface area contributed by atoms with E-state index in [2.05, 4.69) is 22.8 Å². The van der Waals surface area contributed by atoms with E-state index in [1.807, 2.05) is 54.8 Å². The molecule has 0 aliphatic heterocycles. The molecule has 31 heavy (non-hydrogen) atoms. The summed E-state index contributed by atoms with van der Waals surface area (Å²) in [5, 5.41) is 6.04. The standard InChI is InChI=1S/C24H24N2O3S2/c1-31-20-13-11-18(12-14-20)17-25-24(30)26-23(27)21-9-5-6-10-22(21)29-16-15-28-19-7-3-2-4-8-19/h2-14H,15-17H2,1H3,(H2,25,26,27,30). The molecular weight excluding hydrogens is 428 g/mol. The van der Waals surface area contributed by atoms with Crippen molar-refractivity contribution in [1.82, 2.24) is 10.6 Å². The molecule has 0 aliphatic carbocycles. The zero-order valence-corrected chi connectivity index (χ0v) is 18.8. The number of amides is 1. The van der Waals surface area contributed by atoms with Gasteiger partial charge in [0.15, 0.2) is 5.11 Å². The SMILES string of the molecule is CSc1ccc(CNC(=S)NC(=O)c2ccccc2OCCOc2ccccc2)cc1. The largest absolute Gasteiger partial charge is 0.490 e. The van der Waals surface area contributed by atoms with Gasteiger partial charge >= 0.3 is 0 Å². The fourth-order valence-electron chi connectivity index (χ4n) is 2.75. The minimum absolute atomic E-state index is 0.265. The second-order valence-corrected chi connectivity index (χ2v) is 7.78. The molecule has 1 amide bonds. The average Bonchev–Trinajstić information content (AvgIpc) is 2.81. The molecule has 0 saturated carbocycles. The molecule has 0 saturated heterocycles. The number of carbonyl (C=O) groups excluding carboxylic acids is 1. The van der Waals surface area contributed by atoms with Crippen LogP contribution in [0, 0.1) is 0 Å². The monoisotopic (exact) mass is 452 g/mol. The number of nitrogens with one attached hydrogen (secondary N) is 2. The van der Waals surface area contributed by atoms with E-state index in [-0.39, 0.29) is 11.0 Å². The Morgan fingerprint density at radius 1 is 0.903 bits per heavy atom. The van der Waals surface area contributed by atoms with Crippen LogP contribution in [-0.2, 0) is 6.54 Å². The molecule has 7 heteroatoms. The zero-order valence-electron chi connectivity index (χ0n) is 17.2. The number of benzene rings is 3. The fourth-order valence-corrected chi connectivity index (χ4v) is 3.32. The van der Waals surface area contributed by atoms with Gasteiger partial charge in [-0.15, -0.1) is 11.8 Å². The number of rotatable bonds is 9. The normalized spacial score (nSPS) is 10.2. The van der Waals surface area contributed by atoms with Gasteiger partial charge in [0.2, 0.25) is 0 Å². The van der Waals surface area contributed by atoms with Gasteiger partial charge in [-0.1, -0.05) is 42.5 Å². The molecule has 3 aromatic carbocycles. The van der Waals surface area contributed by atoms with Crippen LogP contribution in [0.25, 0.3) is 0 Å². The van der Waals surface area contributed by atoms with Crippen LogP contribution < -0.4 is 20.1 Å². The van der Waals surface area contributed by atoms with Gasteiger partial charge in [-0.2, -0.15) is 0 Å². The molecule has 0 aromatic heterocycles. The van der Waals surface area contributed by atoms with E-state index in [1.54, 1.807) is 30.0 Å². The molecule has 160 valence electrons. The van der Waals surface area contributed by atoms with Gasteiger partial charge in [0.25, 0.3) is 5.91 Å². The van der Waals surface area contributed by atoms with Crippen LogP contribution in [-0.4, -0.2) is 30.5 Å². The second kappa shape index (κ2) is 12.0. The van der Waals surface area contributed by atoms with Crippen molar-refractivity contribution >= 4 is 35.0 Å². The first-order valence-electron chi connectivity index (χ1n) is 9.77. The van der Waals surface area contributed by atoms with Gasteiger partial charge in [-0.3, -0.25) is 10.1 Å². The van der Waals surface area contributed by atoms with Gasteiger partial charge in [-0.25, -0.2) is 0 Å². The predicted octanol–water partition coefficient (Wildman–Crippen LogP) is 4.67. The number of hydrogen-bond donors (Lipinski definition) is 2. The Morgan fingerprint density at radius 2 is 1.58 bits per heavy atom. The Kier molecular flexibility index (Phi) is 8.75. The van der Waals surface area contributed by atoms with Gasteiger partial charge in [0.05, 0.1) is 5.56 Å². The third-order valence-corrected chi connectivity index (χ3v) is 5.31. The molecule has 3 aromatic rings. The Bertz CT molecular complexity index is 995. The second-order valence-electron chi connectivity index (χ2n) is 6.49. The Morgan fingerprint density at radius 3 is 2.32 bits per heavy atom. The first-order valence-corrected chi connectivity index (χ1v) is 11.4. The molecule has 0 bridgehead atoms. The summed E-state index contributed by atoms with van der Waals surface area (Å²) in [7, 11) is 0. The van der Waals surface area contributed by atoms with Gasteiger partial charge < -0.3 is 14.8 Å². The Labute approximate surface area is 192 Å². The van der Waals surface area contributed by atoms with Gasteiger partial charge in [0.1, 0.15) is 24.7 Å². The maximum atomic E-state index is 12.7. The lowest BCUT2D eigenvalue weighted by Gasteiger charge is -2.13. The van der Waals surface area contributed by atoms with Crippen LogP contribution in [0.1, 0.15) is 15.9 Å². The Balaban J connectivity index is 1.48. The van der Waals surface area contributed by atoms with Crippen molar-refractivity contribution in [2.24, 2.45) is 0 Å². The van der Waals surface area contributed by atoms with Crippen LogP contribution in [0.15, 0.2) is 83.8 Å². The van der Waals surface area contributed by atoms with Crippen molar-refractivity contribution in [2.45, 2.75) is 11.4 Å². The fraction of sp³-hybridized carbons (Fsp3) is 0.167. The molecule has 0 aliphatic rings. The van der Waals surface area contributed by atoms with Crippen molar-refractivity contribution < 1.29 is 14.3 Å². The maximum Gasteiger partial charge on any atom is 0.261 e. The van der Waals surface area contributed by atoms with Crippen LogP contribution in [0.3, 0.4) is 0 Å². The van der Waals surface area contributed by atoms with Crippen LogP contribution in [0.4, 0.5) is 0 Å². The highest BCUT2D eigenvalue weighted by atomic mass is 32.2. The van der Waals surface area contributed by atoms with Crippen LogP contribution >= 0.6 is 24.0 Å². The first-order chi connectivity index (χ1) is 15.2. The van der Waals surface area contributed by atoms with Crippen LogP contribution in [0.2, 0.25) is 0 Å². The summed E-state index contributed by atoms with van der Waals surface area (Å²) in [6.07, 6.45) is 2.04. The molecule has 0 atom stereocenters. The third-order valence-electron chi connectivity index (χ3n) is 4.32. The van der Waals surface area contributed by atoms with E-state index in [1.165, 1.54) is 4.90 Å². The lowest BCUT2D eigenvalue weighted by Crippen LogP contribution is -2.39. The van der Waals surface area contributed by atoms with Gasteiger partial charge in [-0.05, 0) is 60.4 Å². The summed E-state index contributed by atoms with van der Waals surface area (Å²) in [6, 6.07) is 24.7. The number of thiocarbonyl (C=S) groups is 1. The van der Waals surface area contributed by atoms with Crippen molar-refractivity contribution in [3.8, 4) is 11.5 Å². The molecule has 0 fully saturated rings. The molecule has 0 unspecified atom stereocenters. The van der Waals surface area contributed by atoms with Gasteiger partial charge in [0, 0.05) is 11.4 Å². The lowest BCUT2D eigenvalue weighted by atomic mass is 10.2. The molecule has 2 N–H and O–H groups in total. The number of hydrogen-bond acceptors (Lipinski definition) is 5. The zero-order chi connectivity index (χ0) is 21.9. The van der Waals surface area contributed by atoms with E-state index >= 15 is 0 Å². The molecule has 3 rings (SSSR count). The minimum Gasteiger partial charge on any atom is -0.490 e. The summed E-state index contributed by atoms with van der Waals surface area (Å²) >= 11 is 6.97. The minimum atomic E-state index is -0.324. The molecule has 5 nitrogen and oxygen atoms in total. The molecule has 0 radical (unpaired) electrons. The average molecular weight is 453 g/mol. The molecular formula is C24H24N2O3S2. The van der Waals surface area contributed by atoms with E-state index in [4.69, 9.17) is 21.7 Å². The number of para-hydroxylation sites is 2. The highest BCUT2D eigenvalue weighted by Crippen LogP contribution is 2.18. The topological polar surface area (TPSA) is 59.6 Å². The number of thioether (sulfide) groups is 1. The highest BCUT2D eigenvalue weighted by Gasteiger charge is 2.13. The predicted molar refractivity (Wildman–Crippen MR) is 129 cm³/mol. The quantitative estimate of drug-likeness (QED) is 0.280. The summed E-state index contributed by atoms with van der Waals surface area (Å²) < 4.78 is 11.4. The van der Waals surface area contributed by atoms with Crippen molar-refractivity contribution in [3.63, 3.8) is 0 Å². The number of carbonyl (C=O) groups is 1. The van der Waals surface area contributed by atoms with Crippen molar-refractivity contribution in [2.75, 3.05) is 19.5 Å². The lowest BCUT2D eigenvalue weighted by molar-refractivity contribution is 0.0971. The maximum absolute atomic E-state index is 12.7.